The van der Waals surface area contributed by atoms with E-state index in [1.807, 2.05) is 0 Å². The van der Waals surface area contributed by atoms with Gasteiger partial charge in [0.15, 0.2) is 0 Å². The van der Waals surface area contributed by atoms with Crippen LogP contribution in [-0.2, 0) is 9.59 Å². The molecule has 0 spiro atoms. The third kappa shape index (κ3) is 2.89. The largest absolute Gasteiger partial charge is 0.507 e. The van der Waals surface area contributed by atoms with Gasteiger partial charge in [0.2, 0.25) is 17.6 Å². The Morgan fingerprint density at radius 1 is 0.848 bits per heavy atom. The molecule has 1 fully saturated rings. The fraction of sp³-hybridized carbons (Fsp3) is 0.125. The molecule has 0 bridgehead atoms. The number of aromatic hydroxyl groups is 2. The zero-order valence-electron chi connectivity index (χ0n) is 17.0. The lowest BCUT2D eigenvalue weighted by Crippen LogP contribution is -2.34. The van der Waals surface area contributed by atoms with Gasteiger partial charge in [-0.1, -0.05) is 36.4 Å². The predicted molar refractivity (Wildman–Crippen MR) is 115 cm³/mol. The summed E-state index contributed by atoms with van der Waals surface area (Å²) in [6, 6.07) is 14.4. The molecule has 9 nitrogen and oxygen atoms in total. The maximum Gasteiger partial charge on any atom is 0.293 e. The highest BCUT2D eigenvalue weighted by Crippen LogP contribution is 2.49. The number of carbonyl (C=O) groups is 3. The van der Waals surface area contributed by atoms with Crippen LogP contribution in [0.4, 0.5) is 11.4 Å². The van der Waals surface area contributed by atoms with Gasteiger partial charge in [0.25, 0.3) is 5.69 Å². The molecule has 3 aromatic carbocycles. The zero-order chi connectivity index (χ0) is 23.4. The van der Waals surface area contributed by atoms with Crippen molar-refractivity contribution in [2.24, 2.45) is 5.92 Å². The van der Waals surface area contributed by atoms with Crippen LogP contribution >= 0.6 is 0 Å². The van der Waals surface area contributed by atoms with Gasteiger partial charge in [0.1, 0.15) is 17.2 Å². The van der Waals surface area contributed by atoms with E-state index in [9.17, 15) is 34.7 Å². The average molecular weight is 444 g/mol. The highest BCUT2D eigenvalue weighted by molar-refractivity contribution is 6.23. The van der Waals surface area contributed by atoms with E-state index in [-0.39, 0.29) is 40.4 Å². The Morgan fingerprint density at radius 3 is 2.00 bits per heavy atom. The molecule has 2 amide bonds. The molecule has 0 radical (unpaired) electrons. The number of nitro groups is 1. The van der Waals surface area contributed by atoms with Crippen LogP contribution in [0.1, 0.15) is 39.4 Å². The second kappa shape index (κ2) is 7.27. The lowest BCUT2D eigenvalue weighted by atomic mass is 9.70. The first-order valence-electron chi connectivity index (χ1n) is 10.1. The molecule has 164 valence electrons. The highest BCUT2D eigenvalue weighted by Gasteiger charge is 2.49. The quantitative estimate of drug-likeness (QED) is 0.359. The number of phenolic OH excluding ortho intramolecular Hbond substituents is 2. The first-order valence-corrected chi connectivity index (χ1v) is 10.1. The number of nitro benzene ring substituents is 1. The SMILES string of the molecule is O=C1c2c(O)cccc2C([C@@H]2CC(=O)N(c3ccccc3[N+](=O)[O-])C2=O)c2cccc(O)c21. The maximum atomic E-state index is 13.5. The van der Waals surface area contributed by atoms with E-state index >= 15 is 0 Å². The first kappa shape index (κ1) is 20.4. The maximum absolute atomic E-state index is 13.5. The summed E-state index contributed by atoms with van der Waals surface area (Å²) in [5, 5.41) is 32.3. The molecule has 5 rings (SSSR count). The number of amides is 2. The minimum Gasteiger partial charge on any atom is -0.507 e. The van der Waals surface area contributed by atoms with Crippen molar-refractivity contribution in [3.63, 3.8) is 0 Å². The number of ketones is 1. The number of imide groups is 1. The molecular weight excluding hydrogens is 428 g/mol. The summed E-state index contributed by atoms with van der Waals surface area (Å²) in [5.74, 6) is -4.27. The third-order valence-corrected chi connectivity index (χ3v) is 6.18. The molecule has 33 heavy (non-hydrogen) atoms. The van der Waals surface area contributed by atoms with Crippen molar-refractivity contribution in [3.8, 4) is 11.5 Å². The molecule has 2 aliphatic rings. The summed E-state index contributed by atoms with van der Waals surface area (Å²) in [4.78, 5) is 51.2. The van der Waals surface area contributed by atoms with Crippen molar-refractivity contribution < 1.29 is 29.5 Å². The lowest BCUT2D eigenvalue weighted by Gasteiger charge is -2.31. The summed E-state index contributed by atoms with van der Waals surface area (Å²) in [6.45, 7) is 0. The van der Waals surface area contributed by atoms with E-state index < -0.39 is 34.4 Å². The van der Waals surface area contributed by atoms with Crippen molar-refractivity contribution in [1.82, 2.24) is 0 Å². The number of hydrogen-bond acceptors (Lipinski definition) is 7. The van der Waals surface area contributed by atoms with Crippen molar-refractivity contribution in [2.45, 2.75) is 12.3 Å². The van der Waals surface area contributed by atoms with Crippen LogP contribution in [0.15, 0.2) is 60.7 Å². The fourth-order valence-corrected chi connectivity index (χ4v) is 4.83. The summed E-state index contributed by atoms with van der Waals surface area (Å²) in [7, 11) is 0. The molecule has 1 aliphatic heterocycles. The lowest BCUT2D eigenvalue weighted by molar-refractivity contribution is -0.384. The van der Waals surface area contributed by atoms with E-state index in [4.69, 9.17) is 0 Å². The average Bonchev–Trinajstić information content (AvgIpc) is 3.07. The standard InChI is InChI=1S/C24H16N2O7/c27-17-9-3-5-12-20(13-6-4-10-18(28)22(13)23(30)21(12)17)14-11-19(29)25(24(14)31)15-7-1-2-8-16(15)26(32)33/h1-10,14,20,27-28H,11H2/t14-/m0/s1. The number of phenols is 2. The summed E-state index contributed by atoms with van der Waals surface area (Å²) < 4.78 is 0. The molecule has 0 unspecified atom stereocenters. The van der Waals surface area contributed by atoms with E-state index in [1.54, 1.807) is 12.1 Å². The number of para-hydroxylation sites is 2. The molecule has 0 saturated carbocycles. The minimum atomic E-state index is -0.994. The summed E-state index contributed by atoms with van der Waals surface area (Å²) in [5.41, 5.74) is 0.123. The normalized spacial score (nSPS) is 17.8. The monoisotopic (exact) mass is 444 g/mol. The van der Waals surface area contributed by atoms with Crippen LogP contribution in [0, 0.1) is 16.0 Å². The molecule has 1 atom stereocenters. The molecule has 9 heteroatoms. The Hall–Kier alpha value is -4.53. The van der Waals surface area contributed by atoms with E-state index in [2.05, 4.69) is 0 Å². The second-order valence-electron chi connectivity index (χ2n) is 7.91. The van der Waals surface area contributed by atoms with Crippen LogP contribution < -0.4 is 4.90 Å². The van der Waals surface area contributed by atoms with E-state index in [0.29, 0.717) is 11.1 Å². The number of rotatable bonds is 3. The molecule has 3 aromatic rings. The van der Waals surface area contributed by atoms with Crippen molar-refractivity contribution in [1.29, 1.82) is 0 Å². The zero-order valence-corrected chi connectivity index (χ0v) is 17.0. The van der Waals surface area contributed by atoms with Crippen molar-refractivity contribution in [2.75, 3.05) is 4.90 Å². The third-order valence-electron chi connectivity index (χ3n) is 6.18. The van der Waals surface area contributed by atoms with Crippen LogP contribution in [0.5, 0.6) is 11.5 Å². The number of fused-ring (bicyclic) bond motifs is 2. The van der Waals surface area contributed by atoms with E-state index in [0.717, 1.165) is 4.90 Å². The Morgan fingerprint density at radius 2 is 1.42 bits per heavy atom. The van der Waals surface area contributed by atoms with Gasteiger partial charge in [0, 0.05) is 18.4 Å². The number of anilines is 1. The van der Waals surface area contributed by atoms with E-state index in [1.165, 1.54) is 48.5 Å². The van der Waals surface area contributed by atoms with Crippen molar-refractivity contribution >= 4 is 29.0 Å². The first-order chi connectivity index (χ1) is 15.8. The number of nitrogens with zero attached hydrogens (tertiary/aromatic N) is 2. The molecule has 1 saturated heterocycles. The fourth-order valence-electron chi connectivity index (χ4n) is 4.83. The molecular formula is C24H16N2O7. The van der Waals surface area contributed by atoms with Gasteiger partial charge in [-0.05, 0) is 29.3 Å². The van der Waals surface area contributed by atoms with Crippen LogP contribution in [0.2, 0.25) is 0 Å². The Bertz CT molecular complexity index is 1330. The van der Waals surface area contributed by atoms with Crippen molar-refractivity contribution in [3.05, 3.63) is 93.0 Å². The van der Waals surface area contributed by atoms with Crippen LogP contribution in [-0.4, -0.2) is 32.7 Å². The highest BCUT2D eigenvalue weighted by atomic mass is 16.6. The molecule has 2 N–H and O–H groups in total. The van der Waals surface area contributed by atoms with Gasteiger partial charge in [-0.25, -0.2) is 4.90 Å². The second-order valence-corrected chi connectivity index (χ2v) is 7.91. The molecule has 0 aromatic heterocycles. The number of hydrogen-bond donors (Lipinski definition) is 2. The Labute approximate surface area is 186 Å². The van der Waals surface area contributed by atoms with Gasteiger partial charge < -0.3 is 10.2 Å². The smallest absolute Gasteiger partial charge is 0.293 e. The van der Waals surface area contributed by atoms with Gasteiger partial charge in [0.05, 0.1) is 22.0 Å². The van der Waals surface area contributed by atoms with Crippen LogP contribution in [0.3, 0.4) is 0 Å². The Balaban J connectivity index is 1.68. The number of benzene rings is 3. The summed E-state index contributed by atoms with van der Waals surface area (Å²) in [6.07, 6.45) is -0.256. The van der Waals surface area contributed by atoms with Gasteiger partial charge >= 0.3 is 0 Å². The van der Waals surface area contributed by atoms with Crippen LogP contribution in [0.25, 0.3) is 0 Å². The van der Waals surface area contributed by atoms with Gasteiger partial charge in [-0.2, -0.15) is 0 Å². The molecule has 1 aliphatic carbocycles. The number of carbonyl (C=O) groups excluding carboxylic acids is 3. The summed E-state index contributed by atoms with van der Waals surface area (Å²) >= 11 is 0. The van der Waals surface area contributed by atoms with Gasteiger partial charge in [-0.15, -0.1) is 0 Å². The Kier molecular flexibility index (Phi) is 4.49. The predicted octanol–water partition coefficient (Wildman–Crippen LogP) is 3.26. The topological polar surface area (TPSA) is 138 Å². The van der Waals surface area contributed by atoms with Gasteiger partial charge in [-0.3, -0.25) is 24.5 Å². The molecule has 1 heterocycles. The minimum absolute atomic E-state index is 0.0408.